The number of halogens is 3. The van der Waals surface area contributed by atoms with E-state index in [1.807, 2.05) is 0 Å². The van der Waals surface area contributed by atoms with Crippen LogP contribution in [0.2, 0.25) is 0 Å². The Hall–Kier alpha value is -0.770. The van der Waals surface area contributed by atoms with E-state index < -0.39 is 11.6 Å². The normalized spacial score (nSPS) is 10.2. The van der Waals surface area contributed by atoms with Gasteiger partial charge in [-0.2, -0.15) is 0 Å². The first-order chi connectivity index (χ1) is 6.06. The van der Waals surface area contributed by atoms with Crippen LogP contribution in [0.3, 0.4) is 0 Å². The van der Waals surface area contributed by atoms with Gasteiger partial charge in [-0.3, -0.25) is 4.79 Å². The Labute approximate surface area is 82.9 Å². The molecule has 0 aliphatic rings. The zero-order valence-corrected chi connectivity index (χ0v) is 8.49. The minimum Gasteiger partial charge on any atom is -0.293 e. The number of carbonyl (C=O) groups is 1. The van der Waals surface area contributed by atoms with Crippen LogP contribution in [0.15, 0.2) is 12.1 Å². The van der Waals surface area contributed by atoms with E-state index in [9.17, 15) is 13.6 Å². The molecule has 0 aliphatic carbocycles. The summed E-state index contributed by atoms with van der Waals surface area (Å²) in [5.41, 5.74) is -0.0106. The Balaban J connectivity index is 3.20. The van der Waals surface area contributed by atoms with Crippen LogP contribution in [0, 0.1) is 18.6 Å². The van der Waals surface area contributed by atoms with E-state index in [0.29, 0.717) is 0 Å². The molecule has 0 fully saturated rings. The van der Waals surface area contributed by atoms with Crippen LogP contribution in [0.25, 0.3) is 0 Å². The van der Waals surface area contributed by atoms with E-state index in [0.717, 1.165) is 12.1 Å². The van der Waals surface area contributed by atoms with E-state index in [1.54, 1.807) is 0 Å². The summed E-state index contributed by atoms with van der Waals surface area (Å²) >= 11 is 2.92. The second-order valence-electron chi connectivity index (χ2n) is 2.62. The number of Topliss-reactive ketones (excluding diaryl/α,β-unsaturated/α-hetero) is 1. The van der Waals surface area contributed by atoms with E-state index in [1.165, 1.54) is 6.92 Å². The first-order valence-corrected chi connectivity index (χ1v) is 4.73. The predicted octanol–water partition coefficient (Wildman–Crippen LogP) is 2.85. The molecule has 0 radical (unpaired) electrons. The lowest BCUT2D eigenvalue weighted by atomic mass is 10.1. The molecule has 0 saturated carbocycles. The lowest BCUT2D eigenvalue weighted by molar-refractivity contribution is 0.102. The third-order valence-corrected chi connectivity index (χ3v) is 2.23. The molecule has 1 aromatic rings. The van der Waals surface area contributed by atoms with Crippen LogP contribution in [0.1, 0.15) is 15.9 Å². The summed E-state index contributed by atoms with van der Waals surface area (Å²) in [7, 11) is 0. The van der Waals surface area contributed by atoms with Gasteiger partial charge in [0.25, 0.3) is 0 Å². The van der Waals surface area contributed by atoms with Crippen molar-refractivity contribution in [3.63, 3.8) is 0 Å². The molecule has 0 spiro atoms. The number of hydrogen-bond acceptors (Lipinski definition) is 1. The van der Waals surface area contributed by atoms with E-state index in [4.69, 9.17) is 0 Å². The third kappa shape index (κ3) is 2.12. The number of carbonyl (C=O) groups excluding carboxylic acids is 1. The minimum atomic E-state index is -0.690. The van der Waals surface area contributed by atoms with Crippen LogP contribution in [0.5, 0.6) is 0 Å². The SMILES string of the molecule is Cc1c(F)cc(C(=O)CBr)cc1F. The van der Waals surface area contributed by atoms with E-state index in [2.05, 4.69) is 15.9 Å². The summed E-state index contributed by atoms with van der Waals surface area (Å²) in [6.07, 6.45) is 0. The fourth-order valence-corrected chi connectivity index (χ4v) is 1.21. The molecular weight excluding hydrogens is 242 g/mol. The van der Waals surface area contributed by atoms with Crippen LogP contribution in [-0.4, -0.2) is 11.1 Å². The lowest BCUT2D eigenvalue weighted by Gasteiger charge is -2.01. The molecule has 1 nitrogen and oxygen atoms in total. The van der Waals surface area contributed by atoms with Gasteiger partial charge >= 0.3 is 0 Å². The summed E-state index contributed by atoms with van der Waals surface area (Å²) in [6.45, 7) is 1.33. The van der Waals surface area contributed by atoms with Gasteiger partial charge < -0.3 is 0 Å². The van der Waals surface area contributed by atoms with Crippen LogP contribution < -0.4 is 0 Å². The minimum absolute atomic E-state index is 0.0532. The molecule has 0 unspecified atom stereocenters. The average Bonchev–Trinajstić information content (AvgIpc) is 2.12. The van der Waals surface area contributed by atoms with Gasteiger partial charge in [0.05, 0.1) is 5.33 Å². The summed E-state index contributed by atoms with van der Waals surface area (Å²) in [4.78, 5) is 11.0. The number of benzene rings is 1. The zero-order chi connectivity index (χ0) is 10.0. The molecule has 4 heteroatoms. The number of hydrogen-bond donors (Lipinski definition) is 0. The first-order valence-electron chi connectivity index (χ1n) is 3.61. The molecule has 70 valence electrons. The van der Waals surface area contributed by atoms with E-state index in [-0.39, 0.29) is 22.2 Å². The van der Waals surface area contributed by atoms with Gasteiger partial charge in [-0.1, -0.05) is 15.9 Å². The van der Waals surface area contributed by atoms with Crippen molar-refractivity contribution >= 4 is 21.7 Å². The molecule has 0 bridgehead atoms. The highest BCUT2D eigenvalue weighted by Gasteiger charge is 2.10. The van der Waals surface area contributed by atoms with Gasteiger partial charge in [-0.05, 0) is 19.1 Å². The Morgan fingerprint density at radius 1 is 1.38 bits per heavy atom. The largest absolute Gasteiger partial charge is 0.293 e. The molecule has 0 N–H and O–H groups in total. The van der Waals surface area contributed by atoms with Crippen molar-refractivity contribution in [3.8, 4) is 0 Å². The molecule has 0 heterocycles. The van der Waals surface area contributed by atoms with Gasteiger partial charge in [-0.15, -0.1) is 0 Å². The van der Waals surface area contributed by atoms with Crippen molar-refractivity contribution < 1.29 is 13.6 Å². The number of alkyl halides is 1. The number of rotatable bonds is 2. The zero-order valence-electron chi connectivity index (χ0n) is 6.90. The Morgan fingerprint density at radius 3 is 2.23 bits per heavy atom. The van der Waals surface area contributed by atoms with Gasteiger partial charge in [0.15, 0.2) is 5.78 Å². The number of ketones is 1. The highest BCUT2D eigenvalue weighted by molar-refractivity contribution is 9.09. The molecule has 0 aromatic heterocycles. The van der Waals surface area contributed by atoms with Gasteiger partial charge in [-0.25, -0.2) is 8.78 Å². The second-order valence-corrected chi connectivity index (χ2v) is 3.18. The fraction of sp³-hybridized carbons (Fsp3) is 0.222. The molecule has 1 aromatic carbocycles. The Bertz CT molecular complexity index is 326. The lowest BCUT2D eigenvalue weighted by Crippen LogP contribution is -2.03. The predicted molar refractivity (Wildman–Crippen MR) is 49.2 cm³/mol. The highest BCUT2D eigenvalue weighted by atomic mass is 79.9. The molecule has 0 saturated heterocycles. The van der Waals surface area contributed by atoms with Crippen molar-refractivity contribution in [1.82, 2.24) is 0 Å². The summed E-state index contributed by atoms with van der Waals surface area (Å²) in [5, 5.41) is 0.0644. The third-order valence-electron chi connectivity index (χ3n) is 1.72. The maximum absolute atomic E-state index is 12.9. The maximum atomic E-state index is 12.9. The van der Waals surface area contributed by atoms with Crippen molar-refractivity contribution in [2.45, 2.75) is 6.92 Å². The summed E-state index contributed by atoms with van der Waals surface area (Å²) < 4.78 is 25.9. The van der Waals surface area contributed by atoms with Gasteiger partial charge in [0, 0.05) is 11.1 Å². The van der Waals surface area contributed by atoms with Crippen molar-refractivity contribution in [1.29, 1.82) is 0 Å². The molecular formula is C9H7BrF2O. The first kappa shape index (κ1) is 10.3. The van der Waals surface area contributed by atoms with Crippen molar-refractivity contribution in [2.24, 2.45) is 0 Å². The second kappa shape index (κ2) is 3.96. The van der Waals surface area contributed by atoms with E-state index >= 15 is 0 Å². The molecule has 13 heavy (non-hydrogen) atoms. The van der Waals surface area contributed by atoms with Crippen LogP contribution in [0.4, 0.5) is 8.78 Å². The monoisotopic (exact) mass is 248 g/mol. The maximum Gasteiger partial charge on any atom is 0.173 e. The Morgan fingerprint density at radius 2 is 1.85 bits per heavy atom. The molecule has 1 rings (SSSR count). The van der Waals surface area contributed by atoms with Crippen molar-refractivity contribution in [2.75, 3.05) is 5.33 Å². The van der Waals surface area contributed by atoms with Crippen molar-refractivity contribution in [3.05, 3.63) is 34.9 Å². The van der Waals surface area contributed by atoms with Crippen LogP contribution >= 0.6 is 15.9 Å². The highest BCUT2D eigenvalue weighted by Crippen LogP contribution is 2.15. The van der Waals surface area contributed by atoms with Gasteiger partial charge in [0.1, 0.15) is 11.6 Å². The Kier molecular flexibility index (Phi) is 3.14. The molecule has 0 amide bonds. The molecule has 0 atom stereocenters. The average molecular weight is 249 g/mol. The molecule has 0 aliphatic heterocycles. The van der Waals surface area contributed by atoms with Gasteiger partial charge in [0.2, 0.25) is 0 Å². The standard InChI is InChI=1S/C9H7BrF2O/c1-5-7(11)2-6(3-8(5)12)9(13)4-10/h2-3H,4H2,1H3. The van der Waals surface area contributed by atoms with Crippen LogP contribution in [-0.2, 0) is 0 Å². The fourth-order valence-electron chi connectivity index (χ4n) is 0.883. The summed E-state index contributed by atoms with van der Waals surface area (Å²) in [6, 6.07) is 2.09. The quantitative estimate of drug-likeness (QED) is 0.581. The summed E-state index contributed by atoms with van der Waals surface area (Å²) in [5.74, 6) is -1.72. The topological polar surface area (TPSA) is 17.1 Å². The smallest absolute Gasteiger partial charge is 0.173 e.